The van der Waals surface area contributed by atoms with Gasteiger partial charge in [0.15, 0.2) is 0 Å². The van der Waals surface area contributed by atoms with Crippen molar-refractivity contribution in [1.82, 2.24) is 0 Å². The fourth-order valence-electron chi connectivity index (χ4n) is 2.66. The van der Waals surface area contributed by atoms with Crippen molar-refractivity contribution in [1.29, 1.82) is 0 Å². The van der Waals surface area contributed by atoms with E-state index in [-0.39, 0.29) is 28.9 Å². The summed E-state index contributed by atoms with van der Waals surface area (Å²) in [5.74, 6) is -0.0309. The molecule has 0 radical (unpaired) electrons. The fraction of sp³-hybridized carbons (Fsp3) is 0.188. The molecule has 1 heterocycles. The molecule has 4 heteroatoms. The average Bonchev–Trinajstić information content (AvgIpc) is 2.37. The fourth-order valence-corrected chi connectivity index (χ4v) is 2.66. The molecule has 0 saturated heterocycles. The monoisotopic (exact) mass is 270 g/mol. The van der Waals surface area contributed by atoms with E-state index in [9.17, 15) is 15.0 Å². The Bertz CT molecular complexity index is 783. The first-order chi connectivity index (χ1) is 9.56. The molecule has 2 N–H and O–H groups in total. The first-order valence-corrected chi connectivity index (χ1v) is 6.41. The van der Waals surface area contributed by atoms with Crippen LogP contribution in [0.15, 0.2) is 51.7 Å². The number of allylic oxidation sites excluding steroid dienone is 4. The highest BCUT2D eigenvalue weighted by Crippen LogP contribution is 2.38. The Labute approximate surface area is 115 Å². The second kappa shape index (κ2) is 4.56. The van der Waals surface area contributed by atoms with Gasteiger partial charge < -0.3 is 14.6 Å². The van der Waals surface area contributed by atoms with Gasteiger partial charge in [-0.3, -0.25) is 0 Å². The van der Waals surface area contributed by atoms with E-state index in [0.717, 1.165) is 0 Å². The third-order valence-electron chi connectivity index (χ3n) is 3.61. The molecule has 0 amide bonds. The van der Waals surface area contributed by atoms with Gasteiger partial charge in [0.05, 0.1) is 5.39 Å². The van der Waals surface area contributed by atoms with Gasteiger partial charge in [0, 0.05) is 24.1 Å². The first kappa shape index (κ1) is 12.5. The van der Waals surface area contributed by atoms with Crippen LogP contribution in [0.2, 0.25) is 0 Å². The van der Waals surface area contributed by atoms with Crippen molar-refractivity contribution < 1.29 is 14.6 Å². The molecule has 3 rings (SSSR count). The minimum absolute atomic E-state index is 0.0120. The van der Waals surface area contributed by atoms with Gasteiger partial charge in [0.25, 0.3) is 0 Å². The van der Waals surface area contributed by atoms with Crippen LogP contribution in [0, 0.1) is 5.92 Å². The number of fused-ring (bicyclic) bond motifs is 1. The van der Waals surface area contributed by atoms with Crippen molar-refractivity contribution in [3.8, 4) is 11.5 Å². The minimum atomic E-state index is -0.493. The molecule has 0 bridgehead atoms. The first-order valence-electron chi connectivity index (χ1n) is 6.41. The highest BCUT2D eigenvalue weighted by atomic mass is 16.4. The SMILES string of the molecule is CC1C=CC=CC1c1cc(=O)oc2cc(O)cc(O)c12. The smallest absolute Gasteiger partial charge is 0.336 e. The Morgan fingerprint density at radius 2 is 1.85 bits per heavy atom. The van der Waals surface area contributed by atoms with Gasteiger partial charge in [-0.05, 0) is 11.5 Å². The molecular weight excluding hydrogens is 256 g/mol. The van der Waals surface area contributed by atoms with Gasteiger partial charge >= 0.3 is 5.63 Å². The molecule has 0 fully saturated rings. The predicted octanol–water partition coefficient (Wildman–Crippen LogP) is 3.05. The van der Waals surface area contributed by atoms with Gasteiger partial charge in [-0.2, -0.15) is 0 Å². The second-order valence-electron chi connectivity index (χ2n) is 5.01. The molecule has 0 saturated carbocycles. The summed E-state index contributed by atoms with van der Waals surface area (Å²) in [6, 6.07) is 4.00. The van der Waals surface area contributed by atoms with Gasteiger partial charge in [-0.25, -0.2) is 4.79 Å². The third kappa shape index (κ3) is 1.99. The maximum atomic E-state index is 11.7. The lowest BCUT2D eigenvalue weighted by molar-refractivity contribution is 0.450. The van der Waals surface area contributed by atoms with E-state index in [1.54, 1.807) is 0 Å². The summed E-state index contributed by atoms with van der Waals surface area (Å²) >= 11 is 0. The molecule has 102 valence electrons. The molecule has 1 aliphatic carbocycles. The van der Waals surface area contributed by atoms with Crippen LogP contribution in [-0.2, 0) is 0 Å². The average molecular weight is 270 g/mol. The zero-order chi connectivity index (χ0) is 14.3. The molecule has 2 atom stereocenters. The molecule has 2 aromatic rings. The van der Waals surface area contributed by atoms with E-state index in [1.165, 1.54) is 18.2 Å². The summed E-state index contributed by atoms with van der Waals surface area (Å²) in [6.07, 6.45) is 7.91. The Hall–Kier alpha value is -2.49. The maximum absolute atomic E-state index is 11.7. The van der Waals surface area contributed by atoms with Gasteiger partial charge in [-0.15, -0.1) is 0 Å². The van der Waals surface area contributed by atoms with Crippen molar-refractivity contribution in [2.45, 2.75) is 12.8 Å². The molecule has 1 aromatic heterocycles. The summed E-state index contributed by atoms with van der Waals surface area (Å²) < 4.78 is 5.07. The van der Waals surface area contributed by atoms with Crippen LogP contribution in [0.25, 0.3) is 11.0 Å². The second-order valence-corrected chi connectivity index (χ2v) is 5.01. The van der Waals surface area contributed by atoms with Crippen molar-refractivity contribution in [3.05, 3.63) is 58.5 Å². The quantitative estimate of drug-likeness (QED) is 0.781. The summed E-state index contributed by atoms with van der Waals surface area (Å²) in [4.78, 5) is 11.7. The van der Waals surface area contributed by atoms with Crippen LogP contribution in [0.1, 0.15) is 18.4 Å². The number of hydrogen-bond donors (Lipinski definition) is 2. The van der Waals surface area contributed by atoms with E-state index in [2.05, 4.69) is 0 Å². The molecular formula is C16H14O4. The third-order valence-corrected chi connectivity index (χ3v) is 3.61. The molecule has 20 heavy (non-hydrogen) atoms. The van der Waals surface area contributed by atoms with E-state index in [4.69, 9.17) is 4.42 Å². The van der Waals surface area contributed by atoms with Crippen LogP contribution >= 0.6 is 0 Å². The minimum Gasteiger partial charge on any atom is -0.508 e. The Kier molecular flexibility index (Phi) is 2.86. The molecule has 0 aliphatic heterocycles. The normalized spacial score (nSPS) is 21.4. The molecule has 2 unspecified atom stereocenters. The Morgan fingerprint density at radius 1 is 1.10 bits per heavy atom. The lowest BCUT2D eigenvalue weighted by Gasteiger charge is -2.22. The Morgan fingerprint density at radius 3 is 2.60 bits per heavy atom. The van der Waals surface area contributed by atoms with Crippen LogP contribution in [-0.4, -0.2) is 10.2 Å². The highest BCUT2D eigenvalue weighted by molar-refractivity contribution is 5.88. The van der Waals surface area contributed by atoms with Crippen LogP contribution in [0.5, 0.6) is 11.5 Å². The van der Waals surface area contributed by atoms with E-state index in [1.807, 2.05) is 31.2 Å². The van der Waals surface area contributed by atoms with E-state index < -0.39 is 5.63 Å². The van der Waals surface area contributed by atoms with Crippen molar-refractivity contribution in [2.24, 2.45) is 5.92 Å². The number of aromatic hydroxyl groups is 2. The topological polar surface area (TPSA) is 70.7 Å². The van der Waals surface area contributed by atoms with Crippen LogP contribution in [0.4, 0.5) is 0 Å². The number of phenols is 2. The summed E-state index contributed by atoms with van der Waals surface area (Å²) in [5, 5.41) is 20.1. The van der Waals surface area contributed by atoms with E-state index in [0.29, 0.717) is 10.9 Å². The van der Waals surface area contributed by atoms with Crippen molar-refractivity contribution in [2.75, 3.05) is 0 Å². The molecule has 1 aliphatic rings. The molecule has 1 aromatic carbocycles. The van der Waals surface area contributed by atoms with Gasteiger partial charge in [0.1, 0.15) is 17.1 Å². The molecule has 0 spiro atoms. The largest absolute Gasteiger partial charge is 0.508 e. The Balaban J connectivity index is 2.32. The lowest BCUT2D eigenvalue weighted by atomic mass is 9.83. The number of hydrogen-bond acceptors (Lipinski definition) is 4. The van der Waals surface area contributed by atoms with Crippen LogP contribution in [0.3, 0.4) is 0 Å². The van der Waals surface area contributed by atoms with Gasteiger partial charge in [-0.1, -0.05) is 31.2 Å². The number of benzene rings is 1. The molecule has 4 nitrogen and oxygen atoms in total. The van der Waals surface area contributed by atoms with E-state index >= 15 is 0 Å². The standard InChI is InChI=1S/C16H14O4/c1-9-4-2-3-5-11(9)12-8-15(19)20-14-7-10(17)6-13(18)16(12)14/h2-9,11,17-18H,1H3. The van der Waals surface area contributed by atoms with Crippen LogP contribution < -0.4 is 5.63 Å². The van der Waals surface area contributed by atoms with Crippen molar-refractivity contribution >= 4 is 11.0 Å². The predicted molar refractivity (Wildman–Crippen MR) is 76.0 cm³/mol. The maximum Gasteiger partial charge on any atom is 0.336 e. The van der Waals surface area contributed by atoms with Gasteiger partial charge in [0.2, 0.25) is 0 Å². The summed E-state index contributed by atoms with van der Waals surface area (Å²) in [5.41, 5.74) is 0.412. The number of rotatable bonds is 1. The number of phenolic OH excluding ortho intramolecular Hbond substituents is 2. The van der Waals surface area contributed by atoms with Crippen molar-refractivity contribution in [3.63, 3.8) is 0 Å². The highest BCUT2D eigenvalue weighted by Gasteiger charge is 2.22. The zero-order valence-corrected chi connectivity index (χ0v) is 10.9. The summed E-state index contributed by atoms with van der Waals surface area (Å²) in [6.45, 7) is 2.04. The lowest BCUT2D eigenvalue weighted by Crippen LogP contribution is -2.11. The summed E-state index contributed by atoms with van der Waals surface area (Å²) in [7, 11) is 0. The zero-order valence-electron chi connectivity index (χ0n) is 10.9.